The molecule has 2 unspecified atom stereocenters. The van der Waals surface area contributed by atoms with Crippen molar-refractivity contribution in [2.45, 2.75) is 51.8 Å². The Kier molecular flexibility index (Phi) is 5.34. The van der Waals surface area contributed by atoms with Gasteiger partial charge in [-0.15, -0.1) is 11.6 Å². The average molecular weight is 239 g/mol. The summed E-state index contributed by atoms with van der Waals surface area (Å²) in [7, 11) is 0. The first-order chi connectivity index (χ1) is 7.56. The smallest absolute Gasteiger partial charge is 0.0610 e. The van der Waals surface area contributed by atoms with Gasteiger partial charge in [0.1, 0.15) is 0 Å². The van der Waals surface area contributed by atoms with E-state index in [0.717, 1.165) is 0 Å². The molecule has 1 aromatic rings. The zero-order valence-corrected chi connectivity index (χ0v) is 11.6. The maximum Gasteiger partial charge on any atom is 0.0610 e. The zero-order chi connectivity index (χ0) is 12.1. The normalized spacial score (nSPS) is 15.1. The van der Waals surface area contributed by atoms with Gasteiger partial charge in [0.25, 0.3) is 0 Å². The Morgan fingerprint density at radius 3 is 1.94 bits per heavy atom. The van der Waals surface area contributed by atoms with E-state index < -0.39 is 0 Å². The molecule has 0 aliphatic carbocycles. The monoisotopic (exact) mass is 238 g/mol. The molecule has 1 aromatic carbocycles. The summed E-state index contributed by atoms with van der Waals surface area (Å²) in [6, 6.07) is 8.76. The summed E-state index contributed by atoms with van der Waals surface area (Å²) in [5.74, 6) is 1.15. The van der Waals surface area contributed by atoms with Gasteiger partial charge in [-0.1, -0.05) is 58.4 Å². The summed E-state index contributed by atoms with van der Waals surface area (Å²) >= 11 is 6.47. The second-order valence-electron chi connectivity index (χ2n) is 4.99. The van der Waals surface area contributed by atoms with E-state index in [4.69, 9.17) is 11.6 Å². The van der Waals surface area contributed by atoms with E-state index >= 15 is 0 Å². The molecule has 90 valence electrons. The summed E-state index contributed by atoms with van der Waals surface area (Å²) in [5.41, 5.74) is 2.64. The van der Waals surface area contributed by atoms with Gasteiger partial charge >= 0.3 is 0 Å². The Labute approximate surface area is 105 Å². The Morgan fingerprint density at radius 1 is 1.00 bits per heavy atom. The van der Waals surface area contributed by atoms with Gasteiger partial charge in [0.2, 0.25) is 0 Å². The molecule has 0 aromatic heterocycles. The highest BCUT2D eigenvalue weighted by Crippen LogP contribution is 2.32. The molecule has 0 amide bonds. The van der Waals surface area contributed by atoms with Crippen LogP contribution in [-0.2, 0) is 0 Å². The van der Waals surface area contributed by atoms with Crippen molar-refractivity contribution in [2.24, 2.45) is 5.92 Å². The standard InChI is InChI=1S/C15H23Cl/c1-5-6-12(4)15(16)14-9-7-13(8-10-14)11(2)3/h7-12,15H,5-6H2,1-4H3. The van der Waals surface area contributed by atoms with Gasteiger partial charge in [-0.3, -0.25) is 0 Å². The molecule has 0 saturated heterocycles. The molecule has 0 fully saturated rings. The van der Waals surface area contributed by atoms with Crippen LogP contribution >= 0.6 is 11.6 Å². The highest BCUT2D eigenvalue weighted by molar-refractivity contribution is 6.21. The van der Waals surface area contributed by atoms with Crippen LogP contribution in [0.3, 0.4) is 0 Å². The quantitative estimate of drug-likeness (QED) is 0.592. The minimum absolute atomic E-state index is 0.154. The van der Waals surface area contributed by atoms with Crippen molar-refractivity contribution >= 4 is 11.6 Å². The number of hydrogen-bond acceptors (Lipinski definition) is 0. The summed E-state index contributed by atoms with van der Waals surface area (Å²) < 4.78 is 0. The minimum atomic E-state index is 0.154. The van der Waals surface area contributed by atoms with Crippen LogP contribution < -0.4 is 0 Å². The molecule has 0 radical (unpaired) electrons. The number of benzene rings is 1. The van der Waals surface area contributed by atoms with Crippen molar-refractivity contribution in [2.75, 3.05) is 0 Å². The van der Waals surface area contributed by atoms with Gasteiger partial charge in [-0.25, -0.2) is 0 Å². The largest absolute Gasteiger partial charge is 0.118 e. The molecule has 0 bridgehead atoms. The molecule has 0 aliphatic heterocycles. The Morgan fingerprint density at radius 2 is 1.50 bits per heavy atom. The van der Waals surface area contributed by atoms with E-state index in [2.05, 4.69) is 52.0 Å². The first-order valence-corrected chi connectivity index (χ1v) is 6.73. The van der Waals surface area contributed by atoms with Gasteiger partial charge in [0.05, 0.1) is 5.38 Å². The van der Waals surface area contributed by atoms with E-state index in [9.17, 15) is 0 Å². The van der Waals surface area contributed by atoms with Gasteiger partial charge < -0.3 is 0 Å². The minimum Gasteiger partial charge on any atom is -0.118 e. The van der Waals surface area contributed by atoms with Crippen LogP contribution in [0.4, 0.5) is 0 Å². The van der Waals surface area contributed by atoms with E-state index in [1.165, 1.54) is 24.0 Å². The lowest BCUT2D eigenvalue weighted by Crippen LogP contribution is -2.03. The first kappa shape index (κ1) is 13.6. The molecule has 2 atom stereocenters. The van der Waals surface area contributed by atoms with Crippen molar-refractivity contribution < 1.29 is 0 Å². The van der Waals surface area contributed by atoms with Gasteiger partial charge in [-0.05, 0) is 29.4 Å². The predicted molar refractivity (Wildman–Crippen MR) is 73.2 cm³/mol. The van der Waals surface area contributed by atoms with Crippen molar-refractivity contribution in [3.63, 3.8) is 0 Å². The summed E-state index contributed by atoms with van der Waals surface area (Å²) in [6.45, 7) is 8.87. The van der Waals surface area contributed by atoms with Crippen molar-refractivity contribution in [3.8, 4) is 0 Å². The maximum atomic E-state index is 6.47. The van der Waals surface area contributed by atoms with Crippen LogP contribution in [0.15, 0.2) is 24.3 Å². The number of hydrogen-bond donors (Lipinski definition) is 0. The van der Waals surface area contributed by atoms with Crippen LogP contribution in [0.25, 0.3) is 0 Å². The molecule has 0 aliphatic rings. The number of alkyl halides is 1. The molecular weight excluding hydrogens is 216 g/mol. The molecule has 0 spiro atoms. The van der Waals surface area contributed by atoms with Crippen molar-refractivity contribution in [3.05, 3.63) is 35.4 Å². The van der Waals surface area contributed by atoms with Crippen LogP contribution in [0.2, 0.25) is 0 Å². The third-order valence-corrected chi connectivity index (χ3v) is 3.85. The SMILES string of the molecule is CCCC(C)C(Cl)c1ccc(C(C)C)cc1. The highest BCUT2D eigenvalue weighted by Gasteiger charge is 2.15. The molecular formula is C15H23Cl. The van der Waals surface area contributed by atoms with Crippen LogP contribution in [0.1, 0.15) is 63.0 Å². The molecule has 16 heavy (non-hydrogen) atoms. The molecule has 0 heterocycles. The lowest BCUT2D eigenvalue weighted by Gasteiger charge is -2.18. The molecule has 0 N–H and O–H groups in total. The summed E-state index contributed by atoms with van der Waals surface area (Å²) in [5, 5.41) is 0.154. The molecule has 1 rings (SSSR count). The first-order valence-electron chi connectivity index (χ1n) is 6.30. The third kappa shape index (κ3) is 3.52. The summed E-state index contributed by atoms with van der Waals surface area (Å²) in [4.78, 5) is 0. The topological polar surface area (TPSA) is 0 Å². The van der Waals surface area contributed by atoms with Crippen LogP contribution in [-0.4, -0.2) is 0 Å². The van der Waals surface area contributed by atoms with E-state index in [0.29, 0.717) is 11.8 Å². The van der Waals surface area contributed by atoms with Crippen molar-refractivity contribution in [1.29, 1.82) is 0 Å². The second kappa shape index (κ2) is 6.30. The number of rotatable bonds is 5. The van der Waals surface area contributed by atoms with E-state index in [-0.39, 0.29) is 5.38 Å². The second-order valence-corrected chi connectivity index (χ2v) is 5.46. The van der Waals surface area contributed by atoms with Crippen LogP contribution in [0.5, 0.6) is 0 Å². The van der Waals surface area contributed by atoms with Gasteiger partial charge in [0, 0.05) is 0 Å². The maximum absolute atomic E-state index is 6.47. The Hall–Kier alpha value is -0.490. The Bertz CT molecular complexity index is 300. The lowest BCUT2D eigenvalue weighted by molar-refractivity contribution is 0.507. The zero-order valence-electron chi connectivity index (χ0n) is 10.8. The van der Waals surface area contributed by atoms with Gasteiger partial charge in [-0.2, -0.15) is 0 Å². The fourth-order valence-electron chi connectivity index (χ4n) is 1.99. The lowest BCUT2D eigenvalue weighted by atomic mass is 9.94. The predicted octanol–water partition coefficient (Wildman–Crippen LogP) is 5.53. The van der Waals surface area contributed by atoms with E-state index in [1.54, 1.807) is 0 Å². The highest BCUT2D eigenvalue weighted by atomic mass is 35.5. The fraction of sp³-hybridized carbons (Fsp3) is 0.600. The molecule has 1 heteroatoms. The molecule has 0 nitrogen and oxygen atoms in total. The summed E-state index contributed by atoms with van der Waals surface area (Å²) in [6.07, 6.45) is 2.40. The average Bonchev–Trinajstić information content (AvgIpc) is 2.28. The van der Waals surface area contributed by atoms with Crippen molar-refractivity contribution in [1.82, 2.24) is 0 Å². The van der Waals surface area contributed by atoms with E-state index in [1.807, 2.05) is 0 Å². The molecule has 0 saturated carbocycles. The fourth-order valence-corrected chi connectivity index (χ4v) is 2.27. The van der Waals surface area contributed by atoms with Crippen LogP contribution in [0, 0.1) is 5.92 Å². The van der Waals surface area contributed by atoms with Gasteiger partial charge in [0.15, 0.2) is 0 Å². The number of halogens is 1. The third-order valence-electron chi connectivity index (χ3n) is 3.17. The Balaban J connectivity index is 2.73.